The Kier molecular flexibility index (Phi) is 2.36. The highest BCUT2D eigenvalue weighted by atomic mass is 32.2. The lowest BCUT2D eigenvalue weighted by Gasteiger charge is -2.26. The summed E-state index contributed by atoms with van der Waals surface area (Å²) in [7, 11) is 0. The van der Waals surface area contributed by atoms with E-state index in [1.165, 1.54) is 32.4 Å². The fourth-order valence-electron chi connectivity index (χ4n) is 2.73. The molecule has 0 spiro atoms. The first-order valence-electron chi connectivity index (χ1n) is 4.78. The molecule has 70 valence electrons. The van der Waals surface area contributed by atoms with Crippen molar-refractivity contribution >= 4 is 11.9 Å². The molecule has 0 radical (unpaired) electrons. The first kappa shape index (κ1) is 8.85. The first-order valence-corrected chi connectivity index (χ1v) is 6.01. The zero-order valence-corrected chi connectivity index (χ0v) is 8.78. The molecule has 2 aliphatic rings. The van der Waals surface area contributed by atoms with Gasteiger partial charge in [-0.25, -0.2) is 0 Å². The maximum Gasteiger partial charge on any atom is 0.0316 e. The molecule has 0 aromatic rings. The van der Waals surface area contributed by atoms with Crippen LogP contribution in [0, 0.1) is 0 Å². The van der Waals surface area contributed by atoms with Gasteiger partial charge in [0.15, 0.2) is 0 Å². The van der Waals surface area contributed by atoms with Crippen LogP contribution in [0.3, 0.4) is 0 Å². The molecule has 0 aliphatic carbocycles. The Morgan fingerprint density at radius 3 is 3.08 bits per heavy atom. The number of hydrogen-bond donors (Lipinski definition) is 1. The summed E-state index contributed by atoms with van der Waals surface area (Å²) in [5, 5.41) is 0. The second-order valence-electron chi connectivity index (χ2n) is 4.27. The van der Waals surface area contributed by atoms with Crippen LogP contribution < -0.4 is 4.72 Å². The summed E-state index contributed by atoms with van der Waals surface area (Å²) in [6.45, 7) is 5.00. The largest absolute Gasteiger partial charge is 0.296 e. The van der Waals surface area contributed by atoms with Crippen LogP contribution in [0.15, 0.2) is 0 Å². The molecular formula is C9H18N2S. The summed E-state index contributed by atoms with van der Waals surface area (Å²) in [5.41, 5.74) is 0.535. The summed E-state index contributed by atoms with van der Waals surface area (Å²) in [6.07, 6.45) is 6.27. The van der Waals surface area contributed by atoms with Crippen LogP contribution >= 0.6 is 11.9 Å². The molecule has 0 aromatic carbocycles. The number of hydrogen-bond acceptors (Lipinski definition) is 3. The molecule has 0 saturated carbocycles. The van der Waals surface area contributed by atoms with Crippen molar-refractivity contribution in [2.45, 2.75) is 37.8 Å². The molecule has 12 heavy (non-hydrogen) atoms. The highest BCUT2D eigenvalue weighted by Gasteiger charge is 2.44. The SMILES string of the molecule is CSNC1CN2CCC[C@@]2(C)C1. The maximum atomic E-state index is 3.47. The summed E-state index contributed by atoms with van der Waals surface area (Å²) in [6, 6.07) is 0.727. The van der Waals surface area contributed by atoms with Gasteiger partial charge >= 0.3 is 0 Å². The smallest absolute Gasteiger partial charge is 0.0316 e. The van der Waals surface area contributed by atoms with Crippen LogP contribution in [0.25, 0.3) is 0 Å². The third kappa shape index (κ3) is 1.38. The zero-order chi connectivity index (χ0) is 8.60. The Balaban J connectivity index is 1.96. The molecule has 2 atom stereocenters. The first-order chi connectivity index (χ1) is 5.74. The fraction of sp³-hybridized carbons (Fsp3) is 1.00. The molecule has 2 heterocycles. The third-order valence-corrected chi connectivity index (χ3v) is 3.89. The van der Waals surface area contributed by atoms with Crippen molar-refractivity contribution < 1.29 is 0 Å². The minimum absolute atomic E-state index is 0.535. The average molecular weight is 186 g/mol. The van der Waals surface area contributed by atoms with E-state index in [4.69, 9.17) is 0 Å². The molecular weight excluding hydrogens is 168 g/mol. The van der Waals surface area contributed by atoms with Crippen LogP contribution in [0.5, 0.6) is 0 Å². The van der Waals surface area contributed by atoms with E-state index >= 15 is 0 Å². The van der Waals surface area contributed by atoms with Gasteiger partial charge in [-0.1, -0.05) is 11.9 Å². The highest BCUT2D eigenvalue weighted by Crippen LogP contribution is 2.38. The second kappa shape index (κ2) is 3.20. The van der Waals surface area contributed by atoms with Gasteiger partial charge in [-0.05, 0) is 39.0 Å². The number of fused-ring (bicyclic) bond motifs is 1. The molecule has 2 nitrogen and oxygen atoms in total. The minimum Gasteiger partial charge on any atom is -0.296 e. The Morgan fingerprint density at radius 1 is 1.58 bits per heavy atom. The van der Waals surface area contributed by atoms with E-state index in [9.17, 15) is 0 Å². The molecule has 2 aliphatic heterocycles. The molecule has 0 bridgehead atoms. The van der Waals surface area contributed by atoms with Crippen molar-refractivity contribution in [3.63, 3.8) is 0 Å². The quantitative estimate of drug-likeness (QED) is 0.658. The lowest BCUT2D eigenvalue weighted by atomic mass is 9.96. The van der Waals surface area contributed by atoms with E-state index in [0.29, 0.717) is 5.54 Å². The Labute approximate surface area is 79.2 Å². The third-order valence-electron chi connectivity index (χ3n) is 3.32. The standard InChI is InChI=1S/C9H18N2S/c1-9-4-3-5-11(9)7-8(6-9)10-12-2/h8,10H,3-7H2,1-2H3/t8?,9-/m0/s1. The minimum atomic E-state index is 0.535. The average Bonchev–Trinajstić information content (AvgIpc) is 2.43. The van der Waals surface area contributed by atoms with Gasteiger partial charge in [-0.15, -0.1) is 0 Å². The molecule has 0 aromatic heterocycles. The van der Waals surface area contributed by atoms with Gasteiger partial charge < -0.3 is 0 Å². The van der Waals surface area contributed by atoms with Crippen molar-refractivity contribution in [2.24, 2.45) is 0 Å². The molecule has 1 unspecified atom stereocenters. The summed E-state index contributed by atoms with van der Waals surface area (Å²) >= 11 is 1.76. The van der Waals surface area contributed by atoms with Gasteiger partial charge in [0.05, 0.1) is 0 Å². The van der Waals surface area contributed by atoms with Crippen LogP contribution in [-0.4, -0.2) is 35.8 Å². The molecule has 2 saturated heterocycles. The topological polar surface area (TPSA) is 15.3 Å². The predicted octanol–water partition coefficient (Wildman–Crippen LogP) is 1.48. The van der Waals surface area contributed by atoms with E-state index < -0.39 is 0 Å². The number of nitrogens with zero attached hydrogens (tertiary/aromatic N) is 1. The Bertz CT molecular complexity index is 174. The monoisotopic (exact) mass is 186 g/mol. The lowest BCUT2D eigenvalue weighted by Crippen LogP contribution is -2.34. The highest BCUT2D eigenvalue weighted by molar-refractivity contribution is 7.96. The van der Waals surface area contributed by atoms with E-state index in [1.807, 2.05) is 0 Å². The molecule has 2 fully saturated rings. The van der Waals surface area contributed by atoms with Crippen molar-refractivity contribution in [1.82, 2.24) is 9.62 Å². The molecule has 0 amide bonds. The number of rotatable bonds is 2. The summed E-state index contributed by atoms with van der Waals surface area (Å²) in [5.74, 6) is 0. The van der Waals surface area contributed by atoms with Gasteiger partial charge in [0.1, 0.15) is 0 Å². The van der Waals surface area contributed by atoms with Crippen LogP contribution in [0.4, 0.5) is 0 Å². The number of nitrogens with one attached hydrogen (secondary N) is 1. The lowest BCUT2D eigenvalue weighted by molar-refractivity contribution is 0.218. The van der Waals surface area contributed by atoms with E-state index in [1.54, 1.807) is 11.9 Å². The van der Waals surface area contributed by atoms with Crippen molar-refractivity contribution in [3.05, 3.63) is 0 Å². The fourth-order valence-corrected chi connectivity index (χ4v) is 3.22. The van der Waals surface area contributed by atoms with Crippen molar-refractivity contribution in [1.29, 1.82) is 0 Å². The molecule has 2 rings (SSSR count). The van der Waals surface area contributed by atoms with E-state index in [2.05, 4.69) is 22.8 Å². The zero-order valence-electron chi connectivity index (χ0n) is 7.97. The van der Waals surface area contributed by atoms with Crippen LogP contribution in [0.1, 0.15) is 26.2 Å². The van der Waals surface area contributed by atoms with Gasteiger partial charge in [-0.2, -0.15) is 0 Å². The van der Waals surface area contributed by atoms with E-state index in [-0.39, 0.29) is 0 Å². The maximum absolute atomic E-state index is 3.47. The Hall–Kier alpha value is 0.270. The predicted molar refractivity (Wildman–Crippen MR) is 54.3 cm³/mol. The van der Waals surface area contributed by atoms with Gasteiger partial charge in [0.2, 0.25) is 0 Å². The Morgan fingerprint density at radius 2 is 2.42 bits per heavy atom. The van der Waals surface area contributed by atoms with Gasteiger partial charge in [-0.3, -0.25) is 9.62 Å². The van der Waals surface area contributed by atoms with Crippen LogP contribution in [-0.2, 0) is 0 Å². The normalized spacial score (nSPS) is 42.0. The second-order valence-corrected chi connectivity index (χ2v) is 4.91. The van der Waals surface area contributed by atoms with Crippen molar-refractivity contribution in [3.8, 4) is 0 Å². The molecule has 3 heteroatoms. The van der Waals surface area contributed by atoms with Crippen molar-refractivity contribution in [2.75, 3.05) is 19.3 Å². The van der Waals surface area contributed by atoms with Gasteiger partial charge in [0, 0.05) is 18.1 Å². The van der Waals surface area contributed by atoms with E-state index in [0.717, 1.165) is 6.04 Å². The summed E-state index contributed by atoms with van der Waals surface area (Å²) in [4.78, 5) is 2.65. The summed E-state index contributed by atoms with van der Waals surface area (Å²) < 4.78 is 3.47. The van der Waals surface area contributed by atoms with Gasteiger partial charge in [0.25, 0.3) is 0 Å². The molecule has 1 N–H and O–H groups in total. The van der Waals surface area contributed by atoms with Crippen LogP contribution in [0.2, 0.25) is 0 Å².